The SMILES string of the molecule is Cc1cc(NC(=O)Cc2cn(-c3ccccc3)nc2-c2ccc(F)cc2)n(C)n1. The average molecular weight is 389 g/mol. The van der Waals surface area contributed by atoms with Crippen LogP contribution in [0.15, 0.2) is 66.9 Å². The molecule has 146 valence electrons. The maximum atomic E-state index is 13.4. The van der Waals surface area contributed by atoms with Crippen molar-refractivity contribution in [1.29, 1.82) is 0 Å². The number of benzene rings is 2. The second kappa shape index (κ2) is 7.71. The summed E-state index contributed by atoms with van der Waals surface area (Å²) >= 11 is 0. The Kier molecular flexibility index (Phi) is 4.95. The van der Waals surface area contributed by atoms with Crippen LogP contribution in [0.25, 0.3) is 16.9 Å². The van der Waals surface area contributed by atoms with Crippen LogP contribution < -0.4 is 5.32 Å². The lowest BCUT2D eigenvalue weighted by Gasteiger charge is -2.05. The second-order valence-corrected chi connectivity index (χ2v) is 6.81. The molecule has 2 aromatic carbocycles. The van der Waals surface area contributed by atoms with Crippen LogP contribution in [0, 0.1) is 12.7 Å². The maximum absolute atomic E-state index is 13.4. The number of halogens is 1. The number of nitrogens with one attached hydrogen (secondary N) is 1. The highest BCUT2D eigenvalue weighted by atomic mass is 19.1. The third kappa shape index (κ3) is 4.08. The van der Waals surface area contributed by atoms with Gasteiger partial charge in [-0.3, -0.25) is 9.48 Å². The maximum Gasteiger partial charge on any atom is 0.230 e. The molecular formula is C22H20FN5O. The number of amides is 1. The Morgan fingerprint density at radius 2 is 1.79 bits per heavy atom. The van der Waals surface area contributed by atoms with Crippen molar-refractivity contribution < 1.29 is 9.18 Å². The van der Waals surface area contributed by atoms with Crippen LogP contribution in [0.2, 0.25) is 0 Å². The fourth-order valence-electron chi connectivity index (χ4n) is 3.19. The molecule has 6 nitrogen and oxygen atoms in total. The number of para-hydroxylation sites is 1. The van der Waals surface area contributed by atoms with Gasteiger partial charge < -0.3 is 5.32 Å². The first-order valence-corrected chi connectivity index (χ1v) is 9.20. The van der Waals surface area contributed by atoms with E-state index in [1.165, 1.54) is 12.1 Å². The van der Waals surface area contributed by atoms with Crippen LogP contribution in [0.3, 0.4) is 0 Å². The zero-order chi connectivity index (χ0) is 20.4. The zero-order valence-corrected chi connectivity index (χ0v) is 16.1. The Labute approximate surface area is 167 Å². The van der Waals surface area contributed by atoms with Crippen LogP contribution in [-0.2, 0) is 18.3 Å². The van der Waals surface area contributed by atoms with Crippen LogP contribution in [0.1, 0.15) is 11.3 Å². The van der Waals surface area contributed by atoms with Gasteiger partial charge in [-0.25, -0.2) is 9.07 Å². The van der Waals surface area contributed by atoms with E-state index in [4.69, 9.17) is 0 Å². The molecule has 0 spiro atoms. The molecular weight excluding hydrogens is 369 g/mol. The minimum atomic E-state index is -0.317. The van der Waals surface area contributed by atoms with E-state index in [-0.39, 0.29) is 18.1 Å². The van der Waals surface area contributed by atoms with Crippen molar-refractivity contribution in [1.82, 2.24) is 19.6 Å². The number of anilines is 1. The summed E-state index contributed by atoms with van der Waals surface area (Å²) in [7, 11) is 1.78. The van der Waals surface area contributed by atoms with E-state index in [1.54, 1.807) is 28.5 Å². The lowest BCUT2D eigenvalue weighted by atomic mass is 10.1. The Morgan fingerprint density at radius 3 is 2.45 bits per heavy atom. The van der Waals surface area contributed by atoms with Crippen molar-refractivity contribution in [2.75, 3.05) is 5.32 Å². The van der Waals surface area contributed by atoms with Crippen molar-refractivity contribution in [3.63, 3.8) is 0 Å². The van der Waals surface area contributed by atoms with Gasteiger partial charge in [-0.1, -0.05) is 18.2 Å². The van der Waals surface area contributed by atoms with E-state index >= 15 is 0 Å². The first kappa shape index (κ1) is 18.6. The Bertz CT molecular complexity index is 1150. The Morgan fingerprint density at radius 1 is 1.07 bits per heavy atom. The molecule has 4 aromatic rings. The van der Waals surface area contributed by atoms with E-state index in [0.29, 0.717) is 11.5 Å². The summed E-state index contributed by atoms with van der Waals surface area (Å²) in [4.78, 5) is 12.7. The van der Waals surface area contributed by atoms with Crippen molar-refractivity contribution in [3.8, 4) is 16.9 Å². The molecule has 0 aliphatic heterocycles. The van der Waals surface area contributed by atoms with Crippen molar-refractivity contribution in [3.05, 3.63) is 83.9 Å². The van der Waals surface area contributed by atoms with Gasteiger partial charge in [0.2, 0.25) is 5.91 Å². The van der Waals surface area contributed by atoms with E-state index in [1.807, 2.05) is 49.5 Å². The molecule has 0 atom stereocenters. The van der Waals surface area contributed by atoms with Gasteiger partial charge in [0.25, 0.3) is 0 Å². The third-order valence-corrected chi connectivity index (χ3v) is 4.55. The third-order valence-electron chi connectivity index (χ3n) is 4.55. The summed E-state index contributed by atoms with van der Waals surface area (Å²) in [6, 6.07) is 17.6. The van der Waals surface area contributed by atoms with Crippen molar-refractivity contribution in [2.45, 2.75) is 13.3 Å². The number of rotatable bonds is 5. The van der Waals surface area contributed by atoms with Crippen LogP contribution >= 0.6 is 0 Å². The highest BCUT2D eigenvalue weighted by Crippen LogP contribution is 2.25. The van der Waals surface area contributed by atoms with Crippen LogP contribution in [0.4, 0.5) is 10.2 Å². The first-order valence-electron chi connectivity index (χ1n) is 9.20. The Balaban J connectivity index is 1.67. The fourth-order valence-corrected chi connectivity index (χ4v) is 3.19. The molecule has 7 heteroatoms. The summed E-state index contributed by atoms with van der Waals surface area (Å²) < 4.78 is 16.7. The van der Waals surface area contributed by atoms with Gasteiger partial charge in [0, 0.05) is 30.4 Å². The number of aryl methyl sites for hydroxylation is 2. The molecule has 0 aliphatic carbocycles. The van der Waals surface area contributed by atoms with E-state index in [0.717, 1.165) is 22.5 Å². The largest absolute Gasteiger partial charge is 0.311 e. The second-order valence-electron chi connectivity index (χ2n) is 6.81. The number of nitrogens with zero attached hydrogens (tertiary/aromatic N) is 4. The normalized spacial score (nSPS) is 10.9. The monoisotopic (exact) mass is 389 g/mol. The van der Waals surface area contributed by atoms with Gasteiger partial charge in [0.15, 0.2) is 0 Å². The van der Waals surface area contributed by atoms with Gasteiger partial charge >= 0.3 is 0 Å². The minimum absolute atomic E-state index is 0.129. The van der Waals surface area contributed by atoms with Gasteiger partial charge in [0.1, 0.15) is 11.6 Å². The molecule has 0 saturated heterocycles. The summed E-state index contributed by atoms with van der Waals surface area (Å²) in [5.74, 6) is 0.136. The average Bonchev–Trinajstić information content (AvgIpc) is 3.26. The van der Waals surface area contributed by atoms with Gasteiger partial charge in [-0.15, -0.1) is 0 Å². The fraction of sp³-hybridized carbons (Fsp3) is 0.136. The molecule has 0 unspecified atom stereocenters. The summed E-state index contributed by atoms with van der Waals surface area (Å²) in [6.07, 6.45) is 1.96. The first-order chi connectivity index (χ1) is 14.0. The molecule has 2 aromatic heterocycles. The molecule has 4 rings (SSSR count). The molecule has 0 radical (unpaired) electrons. The molecule has 29 heavy (non-hydrogen) atoms. The highest BCUT2D eigenvalue weighted by molar-refractivity contribution is 5.92. The van der Waals surface area contributed by atoms with Crippen LogP contribution in [-0.4, -0.2) is 25.5 Å². The Hall–Kier alpha value is -3.74. The lowest BCUT2D eigenvalue weighted by Crippen LogP contribution is -2.16. The lowest BCUT2D eigenvalue weighted by molar-refractivity contribution is -0.115. The van der Waals surface area contributed by atoms with Gasteiger partial charge in [-0.05, 0) is 43.3 Å². The van der Waals surface area contributed by atoms with Gasteiger partial charge in [-0.2, -0.15) is 10.2 Å². The molecule has 0 fully saturated rings. The van der Waals surface area contributed by atoms with Crippen molar-refractivity contribution in [2.24, 2.45) is 7.05 Å². The van der Waals surface area contributed by atoms with Gasteiger partial charge in [0.05, 0.1) is 23.5 Å². The predicted molar refractivity (Wildman–Crippen MR) is 109 cm³/mol. The zero-order valence-electron chi connectivity index (χ0n) is 16.1. The summed E-state index contributed by atoms with van der Waals surface area (Å²) in [6.45, 7) is 1.87. The summed E-state index contributed by atoms with van der Waals surface area (Å²) in [5.41, 5.74) is 3.85. The van der Waals surface area contributed by atoms with Crippen LogP contribution in [0.5, 0.6) is 0 Å². The number of carbonyl (C=O) groups is 1. The molecule has 0 saturated carbocycles. The summed E-state index contributed by atoms with van der Waals surface area (Å²) in [5, 5.41) is 11.8. The topological polar surface area (TPSA) is 64.7 Å². The number of carbonyl (C=O) groups excluding carboxylic acids is 1. The minimum Gasteiger partial charge on any atom is -0.311 e. The van der Waals surface area contributed by atoms with E-state index in [9.17, 15) is 9.18 Å². The molecule has 2 heterocycles. The number of hydrogen-bond donors (Lipinski definition) is 1. The number of aromatic nitrogens is 4. The van der Waals surface area contributed by atoms with E-state index < -0.39 is 0 Å². The molecule has 0 bridgehead atoms. The smallest absolute Gasteiger partial charge is 0.230 e. The highest BCUT2D eigenvalue weighted by Gasteiger charge is 2.16. The molecule has 1 N–H and O–H groups in total. The molecule has 0 aliphatic rings. The van der Waals surface area contributed by atoms with E-state index in [2.05, 4.69) is 15.5 Å². The van der Waals surface area contributed by atoms with Crippen molar-refractivity contribution >= 4 is 11.7 Å². The molecule has 1 amide bonds. The quantitative estimate of drug-likeness (QED) is 0.563. The standard InChI is InChI=1S/C22H20FN5O/c1-15-12-20(27(2)25-15)24-21(29)13-17-14-28(19-6-4-3-5-7-19)26-22(17)16-8-10-18(23)11-9-16/h3-12,14H,13H2,1-2H3,(H,24,29). The number of hydrogen-bond acceptors (Lipinski definition) is 3. The predicted octanol–water partition coefficient (Wildman–Crippen LogP) is 3.90.